The van der Waals surface area contributed by atoms with Gasteiger partial charge in [0.15, 0.2) is 10.9 Å². The van der Waals surface area contributed by atoms with E-state index in [0.29, 0.717) is 25.5 Å². The van der Waals surface area contributed by atoms with E-state index in [-0.39, 0.29) is 77.0 Å². The van der Waals surface area contributed by atoms with Crippen molar-refractivity contribution >= 4 is 37.6 Å². The average Bonchev–Trinajstić information content (AvgIpc) is 3.76. The molecule has 3 saturated heterocycles. The van der Waals surface area contributed by atoms with Gasteiger partial charge in [0.1, 0.15) is 30.2 Å². The van der Waals surface area contributed by atoms with E-state index >= 15 is 4.39 Å². The molecule has 0 saturated carbocycles. The molecule has 9 nitrogen and oxygen atoms in total. The van der Waals surface area contributed by atoms with Crippen LogP contribution in [-0.4, -0.2) is 81.7 Å². The van der Waals surface area contributed by atoms with Crippen LogP contribution in [0.2, 0.25) is 0 Å². The van der Waals surface area contributed by atoms with Gasteiger partial charge in [-0.3, -0.25) is 4.90 Å². The van der Waals surface area contributed by atoms with E-state index in [1.807, 2.05) is 4.90 Å². The Morgan fingerprint density at radius 3 is 2.76 bits per heavy atom. The van der Waals surface area contributed by atoms with Gasteiger partial charge in [-0.25, -0.2) is 18.2 Å². The molecule has 3 fully saturated rings. The van der Waals surface area contributed by atoms with Gasteiger partial charge >= 0.3 is 12.2 Å². The SMILES string of the molecule is Nc1nc2c(-c3c(C(F)(F)F)cc4c(O[C@H]5CN[C@@H](CO)C5)nc(OCC56CCCN5C[C@H](F)C6)nc4c3F)ccc(F)c2s1. The molecule has 1 unspecified atom stereocenters. The normalized spacial score (nSPS) is 25.4. The second-order valence-electron chi connectivity index (χ2n) is 11.8. The largest absolute Gasteiger partial charge is 0.472 e. The number of benzene rings is 2. The molecule has 16 heteroatoms. The number of nitrogens with one attached hydrogen (secondary N) is 1. The zero-order valence-corrected chi connectivity index (χ0v) is 24.5. The number of ether oxygens (including phenoxy) is 2. The fraction of sp³-hybridized carbons (Fsp3) is 0.483. The van der Waals surface area contributed by atoms with E-state index in [0.717, 1.165) is 29.9 Å². The summed E-state index contributed by atoms with van der Waals surface area (Å²) in [6, 6.07) is 2.00. The first-order valence-electron chi connectivity index (χ1n) is 14.4. The minimum Gasteiger partial charge on any atom is -0.472 e. The molecule has 0 bridgehead atoms. The molecule has 4 atom stereocenters. The molecule has 0 spiro atoms. The summed E-state index contributed by atoms with van der Waals surface area (Å²) in [5, 5.41) is 12.1. The maximum atomic E-state index is 16.6. The van der Waals surface area contributed by atoms with Crippen molar-refractivity contribution in [1.82, 2.24) is 25.2 Å². The molecule has 45 heavy (non-hydrogen) atoms. The Morgan fingerprint density at radius 1 is 1.18 bits per heavy atom. The van der Waals surface area contributed by atoms with Gasteiger partial charge in [0.05, 0.1) is 33.3 Å². The third-order valence-electron chi connectivity index (χ3n) is 8.87. The number of thiazole rings is 1. The van der Waals surface area contributed by atoms with Gasteiger partial charge in [-0.05, 0) is 37.6 Å². The molecule has 0 aliphatic carbocycles. The molecule has 5 heterocycles. The van der Waals surface area contributed by atoms with E-state index < -0.39 is 52.3 Å². The van der Waals surface area contributed by atoms with Gasteiger partial charge < -0.3 is 25.6 Å². The molecule has 0 radical (unpaired) electrons. The van der Waals surface area contributed by atoms with Crippen LogP contribution >= 0.6 is 11.3 Å². The first-order chi connectivity index (χ1) is 21.5. The molecule has 2 aromatic heterocycles. The summed E-state index contributed by atoms with van der Waals surface area (Å²) in [5.74, 6) is -2.46. The van der Waals surface area contributed by atoms with Crippen LogP contribution in [0, 0.1) is 11.6 Å². The lowest BCUT2D eigenvalue weighted by molar-refractivity contribution is -0.137. The Morgan fingerprint density at radius 2 is 2.00 bits per heavy atom. The third kappa shape index (κ3) is 5.30. The Labute approximate surface area is 256 Å². The molecule has 0 amide bonds. The van der Waals surface area contributed by atoms with Crippen LogP contribution in [0.4, 0.5) is 31.5 Å². The fourth-order valence-corrected chi connectivity index (χ4v) is 7.60. The summed E-state index contributed by atoms with van der Waals surface area (Å²) in [5.41, 5.74) is 1.83. The van der Waals surface area contributed by atoms with Crippen LogP contribution in [-0.2, 0) is 6.18 Å². The lowest BCUT2D eigenvalue weighted by Gasteiger charge is -2.30. The van der Waals surface area contributed by atoms with Crippen LogP contribution < -0.4 is 20.5 Å². The van der Waals surface area contributed by atoms with E-state index in [4.69, 9.17) is 15.2 Å². The van der Waals surface area contributed by atoms with E-state index in [1.165, 1.54) is 0 Å². The number of rotatable bonds is 7. The Kier molecular flexibility index (Phi) is 7.45. The molecule has 240 valence electrons. The van der Waals surface area contributed by atoms with Gasteiger partial charge in [-0.15, -0.1) is 0 Å². The number of aliphatic hydroxyl groups excluding tert-OH is 1. The van der Waals surface area contributed by atoms with Gasteiger partial charge in [0, 0.05) is 43.1 Å². The minimum atomic E-state index is -5.06. The first-order valence-corrected chi connectivity index (χ1v) is 15.3. The second-order valence-corrected chi connectivity index (χ2v) is 12.8. The molecule has 3 aliphatic heterocycles. The quantitative estimate of drug-likeness (QED) is 0.241. The molecular weight excluding hydrogens is 626 g/mol. The predicted octanol–water partition coefficient (Wildman–Crippen LogP) is 4.84. The highest BCUT2D eigenvalue weighted by atomic mass is 32.1. The van der Waals surface area contributed by atoms with Gasteiger partial charge in [-0.1, -0.05) is 11.3 Å². The van der Waals surface area contributed by atoms with Crippen molar-refractivity contribution in [2.45, 2.75) is 55.7 Å². The Bertz CT molecular complexity index is 1790. The smallest absolute Gasteiger partial charge is 0.417 e. The number of fused-ring (bicyclic) bond motifs is 3. The average molecular weight is 655 g/mol. The number of hydrogen-bond acceptors (Lipinski definition) is 10. The lowest BCUT2D eigenvalue weighted by atomic mass is 9.95. The number of anilines is 1. The summed E-state index contributed by atoms with van der Waals surface area (Å²) in [6.07, 6.45) is -4.63. The number of alkyl halides is 4. The summed E-state index contributed by atoms with van der Waals surface area (Å²) in [4.78, 5) is 14.5. The minimum absolute atomic E-state index is 0.0122. The van der Waals surface area contributed by atoms with Gasteiger partial charge in [-0.2, -0.15) is 23.1 Å². The fourth-order valence-electron chi connectivity index (χ4n) is 6.83. The molecular formula is C29H28F6N6O3S. The van der Waals surface area contributed by atoms with Gasteiger partial charge in [0.25, 0.3) is 0 Å². The second kappa shape index (κ2) is 11.1. The highest BCUT2D eigenvalue weighted by molar-refractivity contribution is 7.22. The van der Waals surface area contributed by atoms with E-state index in [9.17, 15) is 27.1 Å². The maximum Gasteiger partial charge on any atom is 0.417 e. The van der Waals surface area contributed by atoms with Crippen LogP contribution in [0.5, 0.6) is 11.9 Å². The highest BCUT2D eigenvalue weighted by Crippen LogP contribution is 2.46. The number of aliphatic hydroxyl groups is 1. The van der Waals surface area contributed by atoms with Crippen molar-refractivity contribution in [1.29, 1.82) is 0 Å². The van der Waals surface area contributed by atoms with Crippen molar-refractivity contribution < 1.29 is 40.9 Å². The maximum absolute atomic E-state index is 16.6. The highest BCUT2D eigenvalue weighted by Gasteiger charge is 2.49. The zero-order valence-electron chi connectivity index (χ0n) is 23.6. The number of nitrogen functional groups attached to an aromatic ring is 1. The van der Waals surface area contributed by atoms with Crippen LogP contribution in [0.3, 0.4) is 0 Å². The Balaban J connectivity index is 1.39. The topological polar surface area (TPSA) is 119 Å². The van der Waals surface area contributed by atoms with Crippen LogP contribution in [0.1, 0.15) is 31.2 Å². The molecule has 3 aliphatic rings. The monoisotopic (exact) mass is 654 g/mol. The van der Waals surface area contributed by atoms with E-state index in [1.54, 1.807) is 0 Å². The van der Waals surface area contributed by atoms with Crippen molar-refractivity contribution in [3.05, 3.63) is 35.4 Å². The van der Waals surface area contributed by atoms with E-state index in [2.05, 4.69) is 20.3 Å². The zero-order chi connectivity index (χ0) is 31.7. The van der Waals surface area contributed by atoms with Crippen molar-refractivity contribution in [3.8, 4) is 23.0 Å². The van der Waals surface area contributed by atoms with Crippen LogP contribution in [0.15, 0.2) is 18.2 Å². The lowest BCUT2D eigenvalue weighted by Crippen LogP contribution is -2.43. The number of aromatic nitrogens is 3. The van der Waals surface area contributed by atoms with Crippen molar-refractivity contribution in [3.63, 3.8) is 0 Å². The standard InChI is InChI=1S/C29H28F6N6O3S/c30-13-8-28(4-1-5-41(28)10-13)12-43-27-39-22-17(25(40-27)44-15-6-14(11-42)37-9-15)7-18(29(33,34)35)20(21(22)32)16-2-3-19(31)24-23(16)38-26(36)45-24/h2-3,7,13-15,37,42H,1,4-6,8-12H2,(H2,36,38)/t13-,14-,15-,28?/m1/s1. The number of hydrogen-bond donors (Lipinski definition) is 3. The van der Waals surface area contributed by atoms with Crippen LogP contribution in [0.25, 0.3) is 32.2 Å². The van der Waals surface area contributed by atoms with Gasteiger partial charge in [0.2, 0.25) is 5.88 Å². The number of nitrogens with two attached hydrogens (primary N) is 1. The first kappa shape index (κ1) is 30.2. The number of halogens is 6. The summed E-state index contributed by atoms with van der Waals surface area (Å²) < 4.78 is 101. The molecule has 2 aromatic carbocycles. The van der Waals surface area contributed by atoms with Crippen molar-refractivity contribution in [2.75, 3.05) is 38.6 Å². The van der Waals surface area contributed by atoms with Crippen molar-refractivity contribution in [2.24, 2.45) is 0 Å². The summed E-state index contributed by atoms with van der Waals surface area (Å²) in [6.45, 7) is 1.03. The summed E-state index contributed by atoms with van der Waals surface area (Å²) >= 11 is 0.729. The molecule has 7 rings (SSSR count). The Hall–Kier alpha value is -3.47. The molecule has 4 aromatic rings. The summed E-state index contributed by atoms with van der Waals surface area (Å²) in [7, 11) is 0. The third-order valence-corrected chi connectivity index (χ3v) is 9.77. The predicted molar refractivity (Wildman–Crippen MR) is 154 cm³/mol. The molecule has 4 N–H and O–H groups in total. The number of nitrogens with zero attached hydrogens (tertiary/aromatic N) is 4.